The SMILES string of the molecule is CN1C(=O)c2ccc(NC(=O)CCSc3ccc(Cl)cc3)cc2C1=O. The van der Waals surface area contributed by atoms with Gasteiger partial charge < -0.3 is 5.32 Å². The van der Waals surface area contributed by atoms with Crippen LogP contribution in [0.4, 0.5) is 5.69 Å². The molecule has 0 fully saturated rings. The summed E-state index contributed by atoms with van der Waals surface area (Å²) in [5.41, 5.74) is 1.20. The molecule has 2 aromatic carbocycles. The van der Waals surface area contributed by atoms with Gasteiger partial charge in [-0.1, -0.05) is 11.6 Å². The third-order valence-corrected chi connectivity index (χ3v) is 5.05. The molecule has 5 nitrogen and oxygen atoms in total. The van der Waals surface area contributed by atoms with E-state index >= 15 is 0 Å². The molecule has 1 aliphatic rings. The lowest BCUT2D eigenvalue weighted by Crippen LogP contribution is -2.24. The fourth-order valence-electron chi connectivity index (χ4n) is 2.45. The van der Waals surface area contributed by atoms with Crippen LogP contribution in [0.15, 0.2) is 47.4 Å². The number of hydrogen-bond donors (Lipinski definition) is 1. The predicted octanol–water partition coefficient (Wildman–Crippen LogP) is 3.69. The summed E-state index contributed by atoms with van der Waals surface area (Å²) in [5.74, 6) is -0.198. The third kappa shape index (κ3) is 3.86. The topological polar surface area (TPSA) is 66.5 Å². The van der Waals surface area contributed by atoms with Crippen molar-refractivity contribution >= 4 is 46.8 Å². The third-order valence-electron chi connectivity index (χ3n) is 3.78. The van der Waals surface area contributed by atoms with Gasteiger partial charge in [0.15, 0.2) is 0 Å². The summed E-state index contributed by atoms with van der Waals surface area (Å²) in [6.07, 6.45) is 0.331. The summed E-state index contributed by atoms with van der Waals surface area (Å²) in [6, 6.07) is 12.2. The Morgan fingerprint density at radius 2 is 1.76 bits per heavy atom. The number of amides is 3. The van der Waals surface area contributed by atoms with Crippen molar-refractivity contribution < 1.29 is 14.4 Å². The van der Waals surface area contributed by atoms with Gasteiger partial charge in [0, 0.05) is 34.8 Å². The quantitative estimate of drug-likeness (QED) is 0.640. The number of imide groups is 1. The number of hydrogen-bond acceptors (Lipinski definition) is 4. The van der Waals surface area contributed by atoms with Gasteiger partial charge in [-0.2, -0.15) is 0 Å². The van der Waals surface area contributed by atoms with E-state index < -0.39 is 0 Å². The minimum absolute atomic E-state index is 0.147. The second kappa shape index (κ2) is 7.29. The molecular formula is C18H15ClN2O3S. The van der Waals surface area contributed by atoms with Gasteiger partial charge in [0.25, 0.3) is 11.8 Å². The Labute approximate surface area is 154 Å². The van der Waals surface area contributed by atoms with E-state index in [1.54, 1.807) is 30.0 Å². The van der Waals surface area contributed by atoms with E-state index in [9.17, 15) is 14.4 Å². The van der Waals surface area contributed by atoms with E-state index in [0.717, 1.165) is 9.80 Å². The van der Waals surface area contributed by atoms with Gasteiger partial charge in [-0.3, -0.25) is 19.3 Å². The minimum atomic E-state index is -0.352. The molecule has 1 aliphatic heterocycles. The predicted molar refractivity (Wildman–Crippen MR) is 98.3 cm³/mol. The monoisotopic (exact) mass is 374 g/mol. The van der Waals surface area contributed by atoms with Gasteiger partial charge in [-0.25, -0.2) is 0 Å². The Hall–Kier alpha value is -2.31. The number of anilines is 1. The fourth-order valence-corrected chi connectivity index (χ4v) is 3.43. The number of thioether (sulfide) groups is 1. The second-order valence-electron chi connectivity index (χ2n) is 5.53. The van der Waals surface area contributed by atoms with Gasteiger partial charge in [-0.05, 0) is 42.5 Å². The minimum Gasteiger partial charge on any atom is -0.326 e. The average Bonchev–Trinajstić information content (AvgIpc) is 2.81. The Morgan fingerprint density at radius 3 is 2.48 bits per heavy atom. The maximum absolute atomic E-state index is 12.1. The van der Waals surface area contributed by atoms with Crippen LogP contribution in [0.5, 0.6) is 0 Å². The van der Waals surface area contributed by atoms with Crippen molar-refractivity contribution in [2.24, 2.45) is 0 Å². The van der Waals surface area contributed by atoms with Crippen molar-refractivity contribution in [2.75, 3.05) is 18.1 Å². The highest BCUT2D eigenvalue weighted by molar-refractivity contribution is 7.99. The normalized spacial score (nSPS) is 13.1. The molecule has 1 heterocycles. The van der Waals surface area contributed by atoms with Gasteiger partial charge in [-0.15, -0.1) is 11.8 Å². The molecule has 0 atom stereocenters. The highest BCUT2D eigenvalue weighted by Gasteiger charge is 2.32. The molecule has 3 rings (SSSR count). The largest absolute Gasteiger partial charge is 0.326 e. The van der Waals surface area contributed by atoms with Crippen molar-refractivity contribution in [3.8, 4) is 0 Å². The first-order valence-electron chi connectivity index (χ1n) is 7.60. The lowest BCUT2D eigenvalue weighted by Gasteiger charge is -2.06. The highest BCUT2D eigenvalue weighted by Crippen LogP contribution is 2.25. The molecule has 0 radical (unpaired) electrons. The summed E-state index contributed by atoms with van der Waals surface area (Å²) in [7, 11) is 1.44. The number of nitrogens with zero attached hydrogens (tertiary/aromatic N) is 1. The maximum atomic E-state index is 12.1. The number of nitrogens with one attached hydrogen (secondary N) is 1. The number of carbonyl (C=O) groups is 3. The van der Waals surface area contributed by atoms with Crippen LogP contribution >= 0.6 is 23.4 Å². The van der Waals surface area contributed by atoms with Crippen molar-refractivity contribution in [1.82, 2.24) is 4.90 Å². The van der Waals surface area contributed by atoms with Gasteiger partial charge in [0.2, 0.25) is 5.91 Å². The summed E-state index contributed by atoms with van der Waals surface area (Å²) in [5, 5.41) is 3.44. The van der Waals surface area contributed by atoms with Gasteiger partial charge >= 0.3 is 0 Å². The second-order valence-corrected chi connectivity index (χ2v) is 7.14. The molecule has 0 aromatic heterocycles. The van der Waals surface area contributed by atoms with Crippen LogP contribution in [0.25, 0.3) is 0 Å². The fraction of sp³-hybridized carbons (Fsp3) is 0.167. The molecule has 0 spiro atoms. The molecule has 0 aliphatic carbocycles. The van der Waals surface area contributed by atoms with Gasteiger partial charge in [0.1, 0.15) is 0 Å². The van der Waals surface area contributed by atoms with Crippen LogP contribution in [0.1, 0.15) is 27.1 Å². The smallest absolute Gasteiger partial charge is 0.261 e. The van der Waals surface area contributed by atoms with E-state index in [1.807, 2.05) is 24.3 Å². The van der Waals surface area contributed by atoms with E-state index in [4.69, 9.17) is 11.6 Å². The van der Waals surface area contributed by atoms with Crippen LogP contribution in [-0.4, -0.2) is 35.4 Å². The first-order valence-corrected chi connectivity index (χ1v) is 8.97. The number of carbonyl (C=O) groups excluding carboxylic acids is 3. The van der Waals surface area contributed by atoms with Crippen molar-refractivity contribution in [1.29, 1.82) is 0 Å². The Kier molecular flexibility index (Phi) is 5.11. The zero-order valence-electron chi connectivity index (χ0n) is 13.4. The Balaban J connectivity index is 1.56. The van der Waals surface area contributed by atoms with E-state index in [-0.39, 0.29) is 17.7 Å². The molecule has 0 bridgehead atoms. The number of fused-ring (bicyclic) bond motifs is 1. The van der Waals surface area contributed by atoms with E-state index in [2.05, 4.69) is 5.32 Å². The summed E-state index contributed by atoms with van der Waals surface area (Å²) >= 11 is 7.40. The molecule has 7 heteroatoms. The average molecular weight is 375 g/mol. The first-order chi connectivity index (χ1) is 12.0. The maximum Gasteiger partial charge on any atom is 0.261 e. The molecule has 3 amide bonds. The van der Waals surface area contributed by atoms with Crippen LogP contribution < -0.4 is 5.32 Å². The van der Waals surface area contributed by atoms with E-state index in [0.29, 0.717) is 34.0 Å². The number of benzene rings is 2. The molecule has 0 unspecified atom stereocenters. The van der Waals surface area contributed by atoms with Crippen LogP contribution in [0, 0.1) is 0 Å². The summed E-state index contributed by atoms with van der Waals surface area (Å²) in [4.78, 5) is 38.0. The number of halogens is 1. The van der Waals surface area contributed by atoms with Crippen LogP contribution in [0.2, 0.25) is 5.02 Å². The number of rotatable bonds is 5. The molecule has 25 heavy (non-hydrogen) atoms. The molecule has 2 aromatic rings. The lowest BCUT2D eigenvalue weighted by molar-refractivity contribution is -0.115. The van der Waals surface area contributed by atoms with Crippen molar-refractivity contribution in [3.63, 3.8) is 0 Å². The van der Waals surface area contributed by atoms with Crippen LogP contribution in [-0.2, 0) is 4.79 Å². The van der Waals surface area contributed by atoms with Gasteiger partial charge in [0.05, 0.1) is 11.1 Å². The Morgan fingerprint density at radius 1 is 1.08 bits per heavy atom. The summed E-state index contributed by atoms with van der Waals surface area (Å²) < 4.78 is 0. The van der Waals surface area contributed by atoms with Crippen molar-refractivity contribution in [3.05, 3.63) is 58.6 Å². The van der Waals surface area contributed by atoms with Crippen molar-refractivity contribution in [2.45, 2.75) is 11.3 Å². The van der Waals surface area contributed by atoms with Crippen LogP contribution in [0.3, 0.4) is 0 Å². The molecule has 128 valence electrons. The molecule has 0 saturated heterocycles. The Bertz CT molecular complexity index is 852. The molecule has 1 N–H and O–H groups in total. The zero-order valence-corrected chi connectivity index (χ0v) is 15.0. The molecule has 0 saturated carbocycles. The zero-order chi connectivity index (χ0) is 18.0. The summed E-state index contributed by atoms with van der Waals surface area (Å²) in [6.45, 7) is 0. The van der Waals surface area contributed by atoms with E-state index in [1.165, 1.54) is 7.05 Å². The standard InChI is InChI=1S/C18H15ClN2O3S/c1-21-17(23)14-7-4-12(10-15(14)18(21)24)20-16(22)8-9-25-13-5-2-11(19)3-6-13/h2-7,10H,8-9H2,1H3,(H,20,22). The highest BCUT2D eigenvalue weighted by atomic mass is 35.5. The lowest BCUT2D eigenvalue weighted by atomic mass is 10.1. The molecular weight excluding hydrogens is 360 g/mol. The first kappa shape index (κ1) is 17.5.